The number of hydrogen-bond acceptors (Lipinski definition) is 9. The van der Waals surface area contributed by atoms with Crippen molar-refractivity contribution in [3.05, 3.63) is 63.9 Å². The summed E-state index contributed by atoms with van der Waals surface area (Å²) in [5.41, 5.74) is 3.81. The van der Waals surface area contributed by atoms with Crippen molar-refractivity contribution in [2.24, 2.45) is 0 Å². The second-order valence-electron chi connectivity index (χ2n) is 9.26. The Morgan fingerprint density at radius 3 is 2.78 bits per heavy atom. The summed E-state index contributed by atoms with van der Waals surface area (Å²) in [5, 5.41) is 7.77. The van der Waals surface area contributed by atoms with Gasteiger partial charge in [0.25, 0.3) is 5.56 Å². The Bertz CT molecular complexity index is 1520. The molecule has 4 aromatic rings. The molecule has 1 atom stereocenters. The lowest BCUT2D eigenvalue weighted by Gasteiger charge is -2.27. The number of aryl methyl sites for hydroxylation is 1. The molecule has 0 aliphatic carbocycles. The number of ether oxygens (including phenoxy) is 2. The molecular weight excluding hydrogens is 494 g/mol. The number of aromatic nitrogens is 5. The van der Waals surface area contributed by atoms with Crippen LogP contribution in [0.2, 0.25) is 5.02 Å². The minimum Gasteiger partial charge on any atom is -0.377 e. The molecular formula is C26H26ClN7O3. The molecule has 5 heterocycles. The third-order valence-electron chi connectivity index (χ3n) is 6.50. The van der Waals surface area contributed by atoms with Gasteiger partial charge in [-0.15, -0.1) is 0 Å². The van der Waals surface area contributed by atoms with E-state index in [-0.39, 0.29) is 17.7 Å². The highest BCUT2D eigenvalue weighted by molar-refractivity contribution is 6.33. The highest BCUT2D eigenvalue weighted by Gasteiger charge is 2.22. The molecule has 0 saturated carbocycles. The molecule has 0 radical (unpaired) electrons. The minimum atomic E-state index is -0.191. The number of benzene rings is 1. The van der Waals surface area contributed by atoms with Crippen LogP contribution in [0.3, 0.4) is 0 Å². The highest BCUT2D eigenvalue weighted by atomic mass is 35.5. The van der Waals surface area contributed by atoms with E-state index in [9.17, 15) is 4.79 Å². The average molecular weight is 520 g/mol. The average Bonchev–Trinajstić information content (AvgIpc) is 2.88. The van der Waals surface area contributed by atoms with Gasteiger partial charge in [-0.2, -0.15) is 4.98 Å². The van der Waals surface area contributed by atoms with Crippen molar-refractivity contribution >= 4 is 28.6 Å². The van der Waals surface area contributed by atoms with Gasteiger partial charge in [-0.05, 0) is 19.1 Å². The summed E-state index contributed by atoms with van der Waals surface area (Å²) in [5.74, 6) is 0.464. The first-order valence-corrected chi connectivity index (χ1v) is 12.6. The van der Waals surface area contributed by atoms with Gasteiger partial charge in [-0.3, -0.25) is 14.3 Å². The second kappa shape index (κ2) is 10.1. The van der Waals surface area contributed by atoms with Gasteiger partial charge >= 0.3 is 0 Å². The van der Waals surface area contributed by atoms with E-state index in [1.54, 1.807) is 29.2 Å². The Kier molecular flexibility index (Phi) is 6.56. The standard InChI is InChI=1S/C26H26ClN7O3/c1-15-8-29-11-23(31-15)16-2-3-20(22(27)7-16)21-6-17-9-30-26(32-18-13-36-14-18)33-24(17)34(25(21)35)12-19-10-28-4-5-37-19/h2-3,6-9,11,18-19,28H,4-5,10,12-14H2,1H3,(H,30,32,33)/t19-/m0/s1. The van der Waals surface area contributed by atoms with Crippen molar-refractivity contribution in [1.82, 2.24) is 29.8 Å². The lowest BCUT2D eigenvalue weighted by molar-refractivity contribution is 0.0183. The van der Waals surface area contributed by atoms with Gasteiger partial charge in [0.1, 0.15) is 5.65 Å². The smallest absolute Gasteiger partial charge is 0.260 e. The molecule has 2 aliphatic heterocycles. The van der Waals surface area contributed by atoms with Crippen LogP contribution in [0.1, 0.15) is 5.69 Å². The number of anilines is 1. The van der Waals surface area contributed by atoms with Crippen LogP contribution in [-0.4, -0.2) is 69.6 Å². The largest absolute Gasteiger partial charge is 0.377 e. The number of halogens is 1. The van der Waals surface area contributed by atoms with Gasteiger partial charge in [-0.25, -0.2) is 9.97 Å². The SMILES string of the molecule is Cc1cncc(-c2ccc(-c3cc4cnc(NC5COC5)nc4n(C[C@@H]4CNCCO4)c3=O)c(Cl)c2)n1. The third kappa shape index (κ3) is 4.93. The zero-order chi connectivity index (χ0) is 25.4. The van der Waals surface area contributed by atoms with E-state index in [0.717, 1.165) is 28.9 Å². The van der Waals surface area contributed by atoms with Gasteiger partial charge in [0.2, 0.25) is 5.95 Å². The normalized spacial score (nSPS) is 18.1. The molecule has 3 aromatic heterocycles. The first-order valence-electron chi connectivity index (χ1n) is 12.2. The quantitative estimate of drug-likeness (QED) is 0.396. The van der Waals surface area contributed by atoms with Crippen LogP contribution in [0.5, 0.6) is 0 Å². The number of rotatable bonds is 6. The van der Waals surface area contributed by atoms with Crippen LogP contribution in [0.15, 0.2) is 47.7 Å². The maximum atomic E-state index is 13.9. The molecule has 0 unspecified atom stereocenters. The Balaban J connectivity index is 1.44. The van der Waals surface area contributed by atoms with E-state index < -0.39 is 0 Å². The zero-order valence-corrected chi connectivity index (χ0v) is 21.0. The van der Waals surface area contributed by atoms with Crippen molar-refractivity contribution in [2.45, 2.75) is 25.6 Å². The van der Waals surface area contributed by atoms with Gasteiger partial charge in [0.15, 0.2) is 0 Å². The minimum absolute atomic E-state index is 0.158. The van der Waals surface area contributed by atoms with E-state index in [0.29, 0.717) is 60.7 Å². The van der Waals surface area contributed by atoms with Crippen molar-refractivity contribution in [3.63, 3.8) is 0 Å². The van der Waals surface area contributed by atoms with E-state index in [4.69, 9.17) is 26.1 Å². The number of morpholine rings is 1. The number of fused-ring (bicyclic) bond motifs is 1. The molecule has 2 fully saturated rings. The molecule has 37 heavy (non-hydrogen) atoms. The first kappa shape index (κ1) is 23.9. The van der Waals surface area contributed by atoms with E-state index in [1.807, 2.05) is 25.1 Å². The first-order chi connectivity index (χ1) is 18.0. The van der Waals surface area contributed by atoms with Crippen LogP contribution in [0.4, 0.5) is 5.95 Å². The molecule has 0 spiro atoms. The molecule has 11 heteroatoms. The maximum Gasteiger partial charge on any atom is 0.260 e. The summed E-state index contributed by atoms with van der Waals surface area (Å²) < 4.78 is 12.8. The summed E-state index contributed by atoms with van der Waals surface area (Å²) in [6, 6.07) is 7.53. The number of nitrogens with one attached hydrogen (secondary N) is 2. The van der Waals surface area contributed by atoms with Crippen molar-refractivity contribution < 1.29 is 9.47 Å². The molecule has 1 aromatic carbocycles. The summed E-state index contributed by atoms with van der Waals surface area (Å²) in [4.78, 5) is 31.8. The summed E-state index contributed by atoms with van der Waals surface area (Å²) in [6.07, 6.45) is 4.96. The molecule has 0 amide bonds. The Morgan fingerprint density at radius 1 is 1.16 bits per heavy atom. The van der Waals surface area contributed by atoms with Crippen molar-refractivity contribution in [1.29, 1.82) is 0 Å². The predicted octanol–water partition coefficient (Wildman–Crippen LogP) is 2.68. The lowest BCUT2D eigenvalue weighted by atomic mass is 10.0. The van der Waals surface area contributed by atoms with E-state index in [2.05, 4.69) is 25.6 Å². The monoisotopic (exact) mass is 519 g/mol. The van der Waals surface area contributed by atoms with Gasteiger partial charge in [0, 0.05) is 52.6 Å². The van der Waals surface area contributed by atoms with Crippen LogP contribution >= 0.6 is 11.6 Å². The van der Waals surface area contributed by atoms with Gasteiger partial charge < -0.3 is 20.1 Å². The van der Waals surface area contributed by atoms with Crippen LogP contribution in [-0.2, 0) is 16.0 Å². The number of hydrogen-bond donors (Lipinski definition) is 2. The second-order valence-corrected chi connectivity index (χ2v) is 9.67. The Morgan fingerprint density at radius 2 is 2.05 bits per heavy atom. The summed E-state index contributed by atoms with van der Waals surface area (Å²) >= 11 is 6.74. The van der Waals surface area contributed by atoms with Crippen LogP contribution < -0.4 is 16.2 Å². The number of pyridine rings is 1. The Labute approximate surface area is 218 Å². The third-order valence-corrected chi connectivity index (χ3v) is 6.81. The van der Waals surface area contributed by atoms with Crippen molar-refractivity contribution in [2.75, 3.05) is 38.2 Å². The van der Waals surface area contributed by atoms with Crippen LogP contribution in [0.25, 0.3) is 33.4 Å². The Hall–Kier alpha value is -3.44. The maximum absolute atomic E-state index is 13.9. The van der Waals surface area contributed by atoms with Crippen molar-refractivity contribution in [3.8, 4) is 22.4 Å². The molecule has 2 saturated heterocycles. The fourth-order valence-electron chi connectivity index (χ4n) is 4.53. The summed E-state index contributed by atoms with van der Waals surface area (Å²) in [7, 11) is 0. The van der Waals surface area contributed by atoms with E-state index in [1.165, 1.54) is 0 Å². The molecule has 6 rings (SSSR count). The highest BCUT2D eigenvalue weighted by Crippen LogP contribution is 2.31. The molecule has 2 N–H and O–H groups in total. The molecule has 10 nitrogen and oxygen atoms in total. The molecule has 0 bridgehead atoms. The molecule has 190 valence electrons. The zero-order valence-electron chi connectivity index (χ0n) is 20.3. The van der Waals surface area contributed by atoms with Gasteiger partial charge in [-0.1, -0.05) is 23.7 Å². The summed E-state index contributed by atoms with van der Waals surface area (Å²) in [6.45, 7) is 5.50. The fourth-order valence-corrected chi connectivity index (χ4v) is 4.81. The predicted molar refractivity (Wildman–Crippen MR) is 141 cm³/mol. The van der Waals surface area contributed by atoms with Crippen LogP contribution in [0, 0.1) is 6.92 Å². The van der Waals surface area contributed by atoms with Gasteiger partial charge in [0.05, 0.1) is 56.1 Å². The lowest BCUT2D eigenvalue weighted by Crippen LogP contribution is -2.42. The topological polar surface area (TPSA) is 116 Å². The fraction of sp³-hybridized carbons (Fsp3) is 0.346. The molecule has 2 aliphatic rings. The van der Waals surface area contributed by atoms with E-state index >= 15 is 0 Å². The number of nitrogens with zero attached hydrogens (tertiary/aromatic N) is 5.